The van der Waals surface area contributed by atoms with Crippen LogP contribution in [0.25, 0.3) is 0 Å². The molecule has 1 atom stereocenters. The quantitative estimate of drug-likeness (QED) is 0.898. The first-order valence-corrected chi connectivity index (χ1v) is 7.92. The highest BCUT2D eigenvalue weighted by Crippen LogP contribution is 2.22. The number of hydrogen-bond acceptors (Lipinski definition) is 4. The molecule has 0 aliphatic heterocycles. The lowest BCUT2D eigenvalue weighted by Gasteiger charge is -2.15. The van der Waals surface area contributed by atoms with Crippen molar-refractivity contribution >= 4 is 26.0 Å². The lowest BCUT2D eigenvalue weighted by molar-refractivity contribution is 0.537. The van der Waals surface area contributed by atoms with Crippen molar-refractivity contribution < 1.29 is 12.8 Å². The molecule has 0 bridgehead atoms. The minimum atomic E-state index is -3.87. The zero-order valence-electron chi connectivity index (χ0n) is 10.7. The first kappa shape index (κ1) is 15.1. The van der Waals surface area contributed by atoms with E-state index < -0.39 is 21.9 Å². The van der Waals surface area contributed by atoms with Crippen LogP contribution in [0.4, 0.5) is 4.39 Å². The van der Waals surface area contributed by atoms with Crippen LogP contribution in [0.3, 0.4) is 0 Å². The van der Waals surface area contributed by atoms with Crippen molar-refractivity contribution in [1.29, 1.82) is 0 Å². The number of halogens is 2. The summed E-state index contributed by atoms with van der Waals surface area (Å²) in [5.41, 5.74) is 0.266. The molecule has 0 saturated carbocycles. The molecule has 0 aliphatic rings. The predicted molar refractivity (Wildman–Crippen MR) is 73.8 cm³/mol. The SMILES string of the molecule is CC(NS(=O)(=O)c1c(Br)nnn1C)c1ccccc1F. The van der Waals surface area contributed by atoms with Crippen LogP contribution >= 0.6 is 15.9 Å². The van der Waals surface area contributed by atoms with E-state index in [-0.39, 0.29) is 15.2 Å². The standard InChI is InChI=1S/C11H12BrFN4O2S/c1-7(8-5-3-4-6-9(8)13)15-20(18,19)11-10(12)14-16-17(11)2/h3-7,15H,1-2H3. The van der Waals surface area contributed by atoms with Gasteiger partial charge in [-0.2, -0.15) is 0 Å². The second-order valence-corrected chi connectivity index (χ2v) is 6.55. The van der Waals surface area contributed by atoms with Crippen molar-refractivity contribution in [3.8, 4) is 0 Å². The third kappa shape index (κ3) is 2.89. The highest BCUT2D eigenvalue weighted by atomic mass is 79.9. The van der Waals surface area contributed by atoms with Crippen molar-refractivity contribution in [2.75, 3.05) is 0 Å². The maximum atomic E-state index is 13.6. The molecule has 1 aromatic heterocycles. The van der Waals surface area contributed by atoms with Crippen LogP contribution < -0.4 is 4.72 Å². The summed E-state index contributed by atoms with van der Waals surface area (Å²) in [5.74, 6) is -0.468. The van der Waals surface area contributed by atoms with Crippen molar-refractivity contribution in [3.63, 3.8) is 0 Å². The molecule has 2 aromatic rings. The van der Waals surface area contributed by atoms with Gasteiger partial charge in [-0.1, -0.05) is 23.4 Å². The minimum absolute atomic E-state index is 0.105. The molecule has 108 valence electrons. The lowest BCUT2D eigenvalue weighted by Crippen LogP contribution is -2.29. The van der Waals surface area contributed by atoms with Gasteiger partial charge in [0.25, 0.3) is 10.0 Å². The fourth-order valence-corrected chi connectivity index (χ4v) is 4.10. The first-order chi connectivity index (χ1) is 9.33. The van der Waals surface area contributed by atoms with Crippen LogP contribution in [-0.2, 0) is 17.1 Å². The summed E-state index contributed by atoms with van der Waals surface area (Å²) in [5, 5.41) is 7.11. The Morgan fingerprint density at radius 2 is 2.05 bits per heavy atom. The highest BCUT2D eigenvalue weighted by molar-refractivity contribution is 9.10. The Balaban J connectivity index is 2.32. The molecule has 1 N–H and O–H groups in total. The highest BCUT2D eigenvalue weighted by Gasteiger charge is 2.26. The molecular weight excluding hydrogens is 351 g/mol. The van der Waals surface area contributed by atoms with Gasteiger partial charge >= 0.3 is 0 Å². The van der Waals surface area contributed by atoms with E-state index in [1.165, 1.54) is 19.2 Å². The number of nitrogens with zero attached hydrogens (tertiary/aromatic N) is 3. The van der Waals surface area contributed by atoms with Gasteiger partial charge in [0.1, 0.15) is 5.82 Å². The predicted octanol–water partition coefficient (Wildman–Crippen LogP) is 1.76. The summed E-state index contributed by atoms with van der Waals surface area (Å²) < 4.78 is 41.8. The van der Waals surface area contributed by atoms with Crippen LogP contribution in [0, 0.1) is 5.82 Å². The van der Waals surface area contributed by atoms with Crippen LogP contribution in [0.1, 0.15) is 18.5 Å². The van der Waals surface area contributed by atoms with E-state index in [0.717, 1.165) is 4.68 Å². The van der Waals surface area contributed by atoms with E-state index in [1.54, 1.807) is 19.1 Å². The monoisotopic (exact) mass is 362 g/mol. The van der Waals surface area contributed by atoms with E-state index in [2.05, 4.69) is 31.0 Å². The van der Waals surface area contributed by atoms with E-state index in [1.807, 2.05) is 0 Å². The average Bonchev–Trinajstić information content (AvgIpc) is 2.69. The summed E-state index contributed by atoms with van der Waals surface area (Å²) in [6, 6.07) is 5.27. The summed E-state index contributed by atoms with van der Waals surface area (Å²) in [7, 11) is -2.41. The number of sulfonamides is 1. The van der Waals surface area contributed by atoms with Crippen molar-refractivity contribution in [2.24, 2.45) is 7.05 Å². The van der Waals surface area contributed by atoms with Gasteiger partial charge in [0.05, 0.1) is 0 Å². The van der Waals surface area contributed by atoms with Crippen LogP contribution in [0.2, 0.25) is 0 Å². The third-order valence-electron chi connectivity index (χ3n) is 2.70. The number of nitrogens with one attached hydrogen (secondary N) is 1. The van der Waals surface area contributed by atoms with Crippen LogP contribution in [0.5, 0.6) is 0 Å². The van der Waals surface area contributed by atoms with Gasteiger partial charge in [0.15, 0.2) is 4.60 Å². The molecule has 9 heteroatoms. The van der Waals surface area contributed by atoms with E-state index in [0.29, 0.717) is 0 Å². The van der Waals surface area contributed by atoms with Crippen molar-refractivity contribution in [2.45, 2.75) is 18.0 Å². The van der Waals surface area contributed by atoms with E-state index in [9.17, 15) is 12.8 Å². The molecule has 0 aliphatic carbocycles. The molecule has 6 nitrogen and oxygen atoms in total. The van der Waals surface area contributed by atoms with Gasteiger partial charge in [-0.3, -0.25) is 0 Å². The largest absolute Gasteiger partial charge is 0.261 e. The number of benzene rings is 1. The topological polar surface area (TPSA) is 76.9 Å². The molecule has 1 unspecified atom stereocenters. The molecule has 1 heterocycles. The number of rotatable bonds is 4. The fraction of sp³-hybridized carbons (Fsp3) is 0.273. The third-order valence-corrected chi connectivity index (χ3v) is 5.12. The smallest absolute Gasteiger partial charge is 0.235 e. The Kier molecular flexibility index (Phi) is 4.21. The maximum absolute atomic E-state index is 13.6. The Bertz CT molecular complexity index is 712. The molecule has 1 aromatic carbocycles. The number of aryl methyl sites for hydroxylation is 1. The molecule has 0 amide bonds. The Hall–Kier alpha value is -1.32. The van der Waals surface area contributed by atoms with Crippen LogP contribution in [-0.4, -0.2) is 23.4 Å². The van der Waals surface area contributed by atoms with Gasteiger partial charge in [0, 0.05) is 18.7 Å². The second-order valence-electron chi connectivity index (χ2n) is 4.17. The summed E-state index contributed by atoms with van der Waals surface area (Å²) in [4.78, 5) is 0. The van der Waals surface area contributed by atoms with Gasteiger partial charge < -0.3 is 0 Å². The first-order valence-electron chi connectivity index (χ1n) is 5.65. The Morgan fingerprint density at radius 1 is 1.40 bits per heavy atom. The summed E-state index contributed by atoms with van der Waals surface area (Å²) in [6.07, 6.45) is 0. The minimum Gasteiger partial charge on any atom is -0.235 e. The van der Waals surface area contributed by atoms with E-state index >= 15 is 0 Å². The fourth-order valence-electron chi connectivity index (χ4n) is 1.79. The molecule has 0 saturated heterocycles. The molecule has 0 spiro atoms. The second kappa shape index (κ2) is 5.58. The van der Waals surface area contributed by atoms with E-state index in [4.69, 9.17) is 0 Å². The van der Waals surface area contributed by atoms with Crippen molar-refractivity contribution in [1.82, 2.24) is 19.7 Å². The maximum Gasteiger partial charge on any atom is 0.261 e. The molecule has 0 radical (unpaired) electrons. The molecule has 2 rings (SSSR count). The summed E-state index contributed by atoms with van der Waals surface area (Å²) in [6.45, 7) is 1.56. The van der Waals surface area contributed by atoms with Gasteiger partial charge in [-0.05, 0) is 28.9 Å². The van der Waals surface area contributed by atoms with Gasteiger partial charge in [-0.15, -0.1) is 5.10 Å². The average molecular weight is 363 g/mol. The number of aromatic nitrogens is 3. The zero-order valence-corrected chi connectivity index (χ0v) is 13.1. The van der Waals surface area contributed by atoms with Gasteiger partial charge in [0.2, 0.25) is 5.03 Å². The zero-order chi connectivity index (χ0) is 14.9. The normalized spacial score (nSPS) is 13.4. The van der Waals surface area contributed by atoms with Gasteiger partial charge in [-0.25, -0.2) is 22.2 Å². The lowest BCUT2D eigenvalue weighted by atomic mass is 10.1. The Labute approximate surface area is 124 Å². The summed E-state index contributed by atoms with van der Waals surface area (Å²) >= 11 is 3.03. The Morgan fingerprint density at radius 3 is 2.60 bits per heavy atom. The molecule has 0 fully saturated rings. The molecular formula is C11H12BrFN4O2S. The molecule has 20 heavy (non-hydrogen) atoms. The van der Waals surface area contributed by atoms with Crippen molar-refractivity contribution in [3.05, 3.63) is 40.2 Å². The number of hydrogen-bond donors (Lipinski definition) is 1. The van der Waals surface area contributed by atoms with Crippen LogP contribution in [0.15, 0.2) is 33.9 Å².